The Bertz CT molecular complexity index is 973. The number of furan rings is 1. The molecule has 1 aliphatic carbocycles. The van der Waals surface area contributed by atoms with Gasteiger partial charge in [-0.3, -0.25) is 4.98 Å². The first-order valence-corrected chi connectivity index (χ1v) is 9.58. The van der Waals surface area contributed by atoms with E-state index in [2.05, 4.69) is 25.6 Å². The largest absolute Gasteiger partial charge is 0.457 e. The highest BCUT2D eigenvalue weighted by Crippen LogP contribution is 2.23. The summed E-state index contributed by atoms with van der Waals surface area (Å²) in [5.74, 6) is 1.92. The van der Waals surface area contributed by atoms with Gasteiger partial charge in [-0.15, -0.1) is 0 Å². The van der Waals surface area contributed by atoms with Crippen molar-refractivity contribution in [2.75, 3.05) is 18.7 Å². The Balaban J connectivity index is 1.47. The zero-order valence-electron chi connectivity index (χ0n) is 15.5. The molecule has 146 valence electrons. The molecule has 3 heterocycles. The van der Waals surface area contributed by atoms with E-state index >= 15 is 0 Å². The Morgan fingerprint density at radius 1 is 1.21 bits per heavy atom. The molecule has 0 saturated heterocycles. The molecular weight excluding hydrogens is 378 g/mol. The number of nitrogens with zero attached hydrogens (tertiary/aromatic N) is 3. The molecule has 1 saturated carbocycles. The number of hydrogen-bond donors (Lipinski definition) is 2. The summed E-state index contributed by atoms with van der Waals surface area (Å²) < 4.78 is 16.3. The van der Waals surface area contributed by atoms with Crippen LogP contribution in [-0.2, 0) is 16.1 Å². The standard InChI is InChI=1S/C19H21N5O3S/c1-2-25-11-26-10-13-5-7-16(27-13)15-9-20-14-6-8-17(23-18(14)22-15)24-19(28)21-12-3-4-12/h5-9,12H,2-4,10-11H2,1H3,(H2,21,22,23,24,28). The van der Waals surface area contributed by atoms with E-state index < -0.39 is 0 Å². The van der Waals surface area contributed by atoms with Gasteiger partial charge in [0.1, 0.15) is 36.2 Å². The van der Waals surface area contributed by atoms with Crippen LogP contribution in [0.2, 0.25) is 0 Å². The summed E-state index contributed by atoms with van der Waals surface area (Å²) in [6, 6.07) is 7.86. The number of aromatic nitrogens is 3. The quantitative estimate of drug-likeness (QED) is 0.336. The van der Waals surface area contributed by atoms with Crippen LogP contribution < -0.4 is 10.6 Å². The van der Waals surface area contributed by atoms with Gasteiger partial charge in [-0.25, -0.2) is 9.97 Å². The molecule has 3 aromatic rings. The van der Waals surface area contributed by atoms with Gasteiger partial charge in [-0.2, -0.15) is 0 Å². The highest BCUT2D eigenvalue weighted by Gasteiger charge is 2.21. The lowest BCUT2D eigenvalue weighted by atomic mass is 10.3. The second-order valence-corrected chi connectivity index (χ2v) is 6.80. The van der Waals surface area contributed by atoms with Crippen molar-refractivity contribution >= 4 is 34.3 Å². The van der Waals surface area contributed by atoms with E-state index in [9.17, 15) is 0 Å². The second-order valence-electron chi connectivity index (χ2n) is 6.39. The second kappa shape index (κ2) is 8.59. The van der Waals surface area contributed by atoms with Crippen LogP contribution >= 0.6 is 12.2 Å². The molecule has 3 aromatic heterocycles. The summed E-state index contributed by atoms with van der Waals surface area (Å²) in [5.41, 5.74) is 1.82. The minimum absolute atomic E-state index is 0.236. The van der Waals surface area contributed by atoms with Gasteiger partial charge in [0.2, 0.25) is 0 Å². The third-order valence-corrected chi connectivity index (χ3v) is 4.31. The van der Waals surface area contributed by atoms with E-state index in [1.165, 1.54) is 0 Å². The number of anilines is 1. The van der Waals surface area contributed by atoms with Crippen molar-refractivity contribution in [2.45, 2.75) is 32.4 Å². The third kappa shape index (κ3) is 4.80. The fourth-order valence-electron chi connectivity index (χ4n) is 2.53. The Morgan fingerprint density at radius 3 is 2.93 bits per heavy atom. The van der Waals surface area contributed by atoms with E-state index in [4.69, 9.17) is 26.1 Å². The van der Waals surface area contributed by atoms with Gasteiger partial charge in [-0.05, 0) is 56.2 Å². The van der Waals surface area contributed by atoms with Crippen molar-refractivity contribution in [3.8, 4) is 11.5 Å². The van der Waals surface area contributed by atoms with E-state index in [1.807, 2.05) is 31.2 Å². The lowest BCUT2D eigenvalue weighted by Crippen LogP contribution is -2.30. The molecule has 0 unspecified atom stereocenters. The lowest BCUT2D eigenvalue weighted by Gasteiger charge is -2.09. The van der Waals surface area contributed by atoms with E-state index in [-0.39, 0.29) is 6.79 Å². The lowest BCUT2D eigenvalue weighted by molar-refractivity contribution is -0.0613. The van der Waals surface area contributed by atoms with Gasteiger partial charge in [0, 0.05) is 12.6 Å². The van der Waals surface area contributed by atoms with Crippen LogP contribution in [0.1, 0.15) is 25.5 Å². The average Bonchev–Trinajstić information content (AvgIpc) is 3.38. The fourth-order valence-corrected chi connectivity index (χ4v) is 2.80. The molecule has 0 bridgehead atoms. The Kier molecular flexibility index (Phi) is 5.75. The summed E-state index contributed by atoms with van der Waals surface area (Å²) in [4.78, 5) is 13.5. The first kappa shape index (κ1) is 18.7. The van der Waals surface area contributed by atoms with Crippen LogP contribution in [0.25, 0.3) is 22.6 Å². The summed E-state index contributed by atoms with van der Waals surface area (Å²) in [5, 5.41) is 6.89. The highest BCUT2D eigenvalue weighted by molar-refractivity contribution is 7.80. The molecule has 28 heavy (non-hydrogen) atoms. The molecule has 8 nitrogen and oxygen atoms in total. The maximum Gasteiger partial charge on any atom is 0.180 e. The van der Waals surface area contributed by atoms with Crippen LogP contribution in [0.3, 0.4) is 0 Å². The van der Waals surface area contributed by atoms with Gasteiger partial charge in [-0.1, -0.05) is 0 Å². The molecule has 1 fully saturated rings. The zero-order valence-corrected chi connectivity index (χ0v) is 16.3. The van der Waals surface area contributed by atoms with E-state index in [0.29, 0.717) is 58.6 Å². The topological polar surface area (TPSA) is 94.3 Å². The van der Waals surface area contributed by atoms with Crippen LogP contribution in [0.4, 0.5) is 5.82 Å². The fraction of sp³-hybridized carbons (Fsp3) is 0.368. The minimum atomic E-state index is 0.236. The normalized spacial score (nSPS) is 13.6. The molecule has 0 amide bonds. The van der Waals surface area contributed by atoms with E-state index in [1.54, 1.807) is 6.20 Å². The van der Waals surface area contributed by atoms with Crippen LogP contribution in [0.5, 0.6) is 0 Å². The minimum Gasteiger partial charge on any atom is -0.457 e. The summed E-state index contributed by atoms with van der Waals surface area (Å²) in [6.45, 7) is 3.10. The van der Waals surface area contributed by atoms with Crippen molar-refractivity contribution in [1.29, 1.82) is 0 Å². The van der Waals surface area contributed by atoms with Crippen molar-refractivity contribution in [1.82, 2.24) is 20.3 Å². The van der Waals surface area contributed by atoms with Crippen molar-refractivity contribution < 1.29 is 13.9 Å². The van der Waals surface area contributed by atoms with Gasteiger partial charge in [0.15, 0.2) is 16.5 Å². The van der Waals surface area contributed by atoms with E-state index in [0.717, 1.165) is 12.8 Å². The molecule has 0 radical (unpaired) electrons. The van der Waals surface area contributed by atoms with Gasteiger partial charge in [0.25, 0.3) is 0 Å². The molecular formula is C19H21N5O3S. The molecule has 0 aromatic carbocycles. The number of thiocarbonyl (C=S) groups is 1. The van der Waals surface area contributed by atoms with Crippen LogP contribution in [0.15, 0.2) is 34.9 Å². The molecule has 1 aliphatic rings. The summed E-state index contributed by atoms with van der Waals surface area (Å²) in [6.07, 6.45) is 3.98. The predicted octanol–water partition coefficient (Wildman–Crippen LogP) is 3.24. The smallest absolute Gasteiger partial charge is 0.180 e. The summed E-state index contributed by atoms with van der Waals surface area (Å²) >= 11 is 5.30. The SMILES string of the molecule is CCOCOCc1ccc(-c2cnc3ccc(NC(=S)NC4CC4)nc3n2)o1. The van der Waals surface area contributed by atoms with Crippen molar-refractivity contribution in [2.24, 2.45) is 0 Å². The maximum atomic E-state index is 5.79. The Labute approximate surface area is 167 Å². The molecule has 9 heteroatoms. The molecule has 0 atom stereocenters. The van der Waals surface area contributed by atoms with Gasteiger partial charge < -0.3 is 24.5 Å². The van der Waals surface area contributed by atoms with Crippen molar-refractivity contribution in [3.63, 3.8) is 0 Å². The number of hydrogen-bond acceptors (Lipinski definition) is 7. The third-order valence-electron chi connectivity index (χ3n) is 4.09. The predicted molar refractivity (Wildman–Crippen MR) is 109 cm³/mol. The number of ether oxygens (including phenoxy) is 2. The van der Waals surface area contributed by atoms with Crippen LogP contribution in [0, 0.1) is 0 Å². The number of nitrogens with one attached hydrogen (secondary N) is 2. The van der Waals surface area contributed by atoms with Gasteiger partial charge in [0.05, 0.1) is 6.20 Å². The monoisotopic (exact) mass is 399 g/mol. The first-order valence-electron chi connectivity index (χ1n) is 9.17. The number of pyridine rings is 1. The van der Waals surface area contributed by atoms with Gasteiger partial charge >= 0.3 is 0 Å². The number of rotatable bonds is 8. The first-order chi connectivity index (χ1) is 13.7. The Morgan fingerprint density at radius 2 is 2.11 bits per heavy atom. The molecule has 2 N–H and O–H groups in total. The molecule has 0 aliphatic heterocycles. The maximum absolute atomic E-state index is 5.79. The molecule has 0 spiro atoms. The molecule has 4 rings (SSSR count). The Hall–Kier alpha value is -2.62. The zero-order chi connectivity index (χ0) is 19.3. The summed E-state index contributed by atoms with van der Waals surface area (Å²) in [7, 11) is 0. The highest BCUT2D eigenvalue weighted by atomic mass is 32.1. The number of fused-ring (bicyclic) bond motifs is 1. The van der Waals surface area contributed by atoms with Crippen molar-refractivity contribution in [3.05, 3.63) is 36.2 Å². The average molecular weight is 399 g/mol. The van der Waals surface area contributed by atoms with Crippen LogP contribution in [-0.4, -0.2) is 39.5 Å².